The number of nitrogens with zero attached hydrogens (tertiary/aromatic N) is 2. The summed E-state index contributed by atoms with van der Waals surface area (Å²) in [5.41, 5.74) is 0.899. The Bertz CT molecular complexity index is 814. The van der Waals surface area contributed by atoms with E-state index in [0.29, 0.717) is 38.4 Å². The van der Waals surface area contributed by atoms with E-state index in [0.717, 1.165) is 17.9 Å². The number of carbonyl (C=O) groups is 1. The molecule has 0 N–H and O–H groups in total. The third-order valence-corrected chi connectivity index (χ3v) is 5.24. The predicted molar refractivity (Wildman–Crippen MR) is 101 cm³/mol. The van der Waals surface area contributed by atoms with Crippen molar-refractivity contribution in [3.05, 3.63) is 45.0 Å². The second-order valence-electron chi connectivity index (χ2n) is 6.38. The van der Waals surface area contributed by atoms with Crippen LogP contribution >= 0.6 is 11.3 Å². The molecule has 7 heteroatoms. The minimum absolute atomic E-state index is 0.0158. The van der Waals surface area contributed by atoms with Crippen LogP contribution in [0.15, 0.2) is 34.4 Å². The summed E-state index contributed by atoms with van der Waals surface area (Å²) in [6.07, 6.45) is 0.987. The number of hydrogen-bond acceptors (Lipinski definition) is 5. The van der Waals surface area contributed by atoms with Gasteiger partial charge in [-0.2, -0.15) is 0 Å². The van der Waals surface area contributed by atoms with Crippen LogP contribution in [0.3, 0.4) is 0 Å². The molecule has 0 radical (unpaired) electrons. The molecule has 0 bridgehead atoms. The molecule has 1 aromatic carbocycles. The molecule has 3 rings (SSSR count). The second kappa shape index (κ2) is 8.40. The zero-order valence-corrected chi connectivity index (χ0v) is 16.0. The maximum Gasteiger partial charge on any atom is 0.307 e. The molecule has 0 saturated heterocycles. The van der Waals surface area contributed by atoms with Crippen LogP contribution in [-0.2, 0) is 11.3 Å². The lowest BCUT2D eigenvalue weighted by Crippen LogP contribution is -2.44. The Morgan fingerprint density at radius 1 is 1.35 bits per heavy atom. The summed E-state index contributed by atoms with van der Waals surface area (Å²) in [5, 5.41) is 1.82. The summed E-state index contributed by atoms with van der Waals surface area (Å²) in [7, 11) is 0. The number of hydrogen-bond donors (Lipinski definition) is 0. The summed E-state index contributed by atoms with van der Waals surface area (Å²) >= 11 is 1.17. The van der Waals surface area contributed by atoms with E-state index in [2.05, 4.69) is 0 Å². The van der Waals surface area contributed by atoms with Crippen molar-refractivity contribution < 1.29 is 14.3 Å². The maximum atomic E-state index is 12.7. The van der Waals surface area contributed by atoms with Crippen molar-refractivity contribution in [2.24, 2.45) is 0 Å². The Kier molecular flexibility index (Phi) is 5.98. The molecule has 140 valence electrons. The van der Waals surface area contributed by atoms with Crippen LogP contribution in [0, 0.1) is 6.92 Å². The van der Waals surface area contributed by atoms with Gasteiger partial charge in [0.25, 0.3) is 0 Å². The van der Waals surface area contributed by atoms with Crippen molar-refractivity contribution in [3.8, 4) is 11.5 Å². The minimum atomic E-state index is -0.189. The fraction of sp³-hybridized carbons (Fsp3) is 0.474. The van der Waals surface area contributed by atoms with Crippen LogP contribution in [0.5, 0.6) is 11.5 Å². The molecule has 1 amide bonds. The largest absolute Gasteiger partial charge is 0.486 e. The summed E-state index contributed by atoms with van der Waals surface area (Å²) in [5.74, 6) is 1.49. The third-order valence-electron chi connectivity index (χ3n) is 4.36. The molecule has 0 aliphatic carbocycles. The molecule has 2 heterocycles. The molecule has 1 atom stereocenters. The number of aryl methyl sites for hydroxylation is 1. The molecule has 1 aliphatic heterocycles. The zero-order valence-electron chi connectivity index (χ0n) is 15.1. The Labute approximate surface area is 157 Å². The molecule has 1 unspecified atom stereocenters. The minimum Gasteiger partial charge on any atom is -0.486 e. The Morgan fingerprint density at radius 2 is 2.12 bits per heavy atom. The van der Waals surface area contributed by atoms with Crippen LogP contribution in [-0.4, -0.2) is 41.2 Å². The fourth-order valence-electron chi connectivity index (χ4n) is 3.03. The van der Waals surface area contributed by atoms with Gasteiger partial charge in [0.2, 0.25) is 5.91 Å². The van der Waals surface area contributed by atoms with Gasteiger partial charge in [-0.15, -0.1) is 0 Å². The predicted octanol–water partition coefficient (Wildman–Crippen LogP) is 2.69. The lowest BCUT2D eigenvalue weighted by atomic mass is 10.2. The average molecular weight is 376 g/mol. The van der Waals surface area contributed by atoms with Crippen LogP contribution in [0.4, 0.5) is 0 Å². The number of fused-ring (bicyclic) bond motifs is 1. The number of rotatable bonds is 7. The molecule has 0 saturated carbocycles. The van der Waals surface area contributed by atoms with Gasteiger partial charge in [-0.25, -0.2) is 0 Å². The highest BCUT2D eigenvalue weighted by molar-refractivity contribution is 7.07. The summed E-state index contributed by atoms with van der Waals surface area (Å²) in [4.78, 5) is 26.3. The molecule has 6 nitrogen and oxygen atoms in total. The number of ether oxygens (including phenoxy) is 2. The SMILES string of the molecule is CCCN(CC1COc2ccccc2O1)C(=O)CCn1c(C)csc1=O. The highest BCUT2D eigenvalue weighted by atomic mass is 32.1. The van der Waals surface area contributed by atoms with Gasteiger partial charge < -0.3 is 18.9 Å². The number of aromatic nitrogens is 1. The molecule has 2 aromatic rings. The van der Waals surface area contributed by atoms with Crippen LogP contribution < -0.4 is 14.3 Å². The second-order valence-corrected chi connectivity index (χ2v) is 7.20. The van der Waals surface area contributed by atoms with E-state index < -0.39 is 0 Å². The van der Waals surface area contributed by atoms with E-state index in [4.69, 9.17) is 9.47 Å². The molecular weight excluding hydrogens is 352 g/mol. The molecular formula is C19H24N2O4S. The van der Waals surface area contributed by atoms with Crippen molar-refractivity contribution >= 4 is 17.2 Å². The molecule has 1 aliphatic rings. The Balaban J connectivity index is 1.60. The first-order chi connectivity index (χ1) is 12.6. The van der Waals surface area contributed by atoms with Crippen LogP contribution in [0.25, 0.3) is 0 Å². The summed E-state index contributed by atoms with van der Waals surface area (Å²) in [6.45, 7) is 5.92. The standard InChI is InChI=1S/C19H24N2O4S/c1-3-9-20(18(22)8-10-21-14(2)13-26-19(21)23)11-15-12-24-16-6-4-5-7-17(16)25-15/h4-7,13,15H,3,8-12H2,1-2H3. The third kappa shape index (κ3) is 4.27. The molecule has 1 aromatic heterocycles. The van der Waals surface area contributed by atoms with Crippen molar-refractivity contribution in [1.82, 2.24) is 9.47 Å². The van der Waals surface area contributed by atoms with Gasteiger partial charge in [0.05, 0.1) is 6.54 Å². The van der Waals surface area contributed by atoms with E-state index in [1.807, 2.05) is 48.4 Å². The van der Waals surface area contributed by atoms with Gasteiger partial charge in [-0.05, 0) is 25.5 Å². The van der Waals surface area contributed by atoms with Crippen molar-refractivity contribution in [2.45, 2.75) is 39.3 Å². The number of amides is 1. The van der Waals surface area contributed by atoms with Gasteiger partial charge in [0.15, 0.2) is 17.6 Å². The van der Waals surface area contributed by atoms with Crippen molar-refractivity contribution in [3.63, 3.8) is 0 Å². The van der Waals surface area contributed by atoms with Gasteiger partial charge in [-0.1, -0.05) is 30.4 Å². The van der Waals surface area contributed by atoms with Gasteiger partial charge >= 0.3 is 4.87 Å². The Hall–Kier alpha value is -2.28. The topological polar surface area (TPSA) is 60.8 Å². The van der Waals surface area contributed by atoms with E-state index in [-0.39, 0.29) is 16.9 Å². The zero-order chi connectivity index (χ0) is 18.5. The van der Waals surface area contributed by atoms with Crippen LogP contribution in [0.1, 0.15) is 25.5 Å². The highest BCUT2D eigenvalue weighted by Crippen LogP contribution is 2.31. The first kappa shape index (κ1) is 18.5. The molecule has 0 spiro atoms. The van der Waals surface area contributed by atoms with Crippen LogP contribution in [0.2, 0.25) is 0 Å². The number of para-hydroxylation sites is 2. The first-order valence-electron chi connectivity index (χ1n) is 8.89. The van der Waals surface area contributed by atoms with E-state index in [1.54, 1.807) is 4.57 Å². The lowest BCUT2D eigenvalue weighted by molar-refractivity contribution is -0.133. The van der Waals surface area contributed by atoms with Gasteiger partial charge in [0, 0.05) is 30.6 Å². The van der Waals surface area contributed by atoms with Crippen molar-refractivity contribution in [1.29, 1.82) is 0 Å². The quantitative estimate of drug-likeness (QED) is 0.745. The number of carbonyl (C=O) groups excluding carboxylic acids is 1. The summed E-state index contributed by atoms with van der Waals surface area (Å²) < 4.78 is 13.4. The Morgan fingerprint density at radius 3 is 2.81 bits per heavy atom. The van der Waals surface area contributed by atoms with Crippen molar-refractivity contribution in [2.75, 3.05) is 19.7 Å². The average Bonchev–Trinajstić information content (AvgIpc) is 2.97. The number of thiazole rings is 1. The first-order valence-corrected chi connectivity index (χ1v) is 9.77. The lowest BCUT2D eigenvalue weighted by Gasteiger charge is -2.31. The molecule has 0 fully saturated rings. The molecule has 26 heavy (non-hydrogen) atoms. The van der Waals surface area contributed by atoms with E-state index >= 15 is 0 Å². The van der Waals surface area contributed by atoms with E-state index in [9.17, 15) is 9.59 Å². The summed E-state index contributed by atoms with van der Waals surface area (Å²) in [6, 6.07) is 7.56. The normalized spacial score (nSPS) is 15.7. The number of benzene rings is 1. The fourth-order valence-corrected chi connectivity index (χ4v) is 3.79. The van der Waals surface area contributed by atoms with E-state index in [1.165, 1.54) is 11.3 Å². The highest BCUT2D eigenvalue weighted by Gasteiger charge is 2.25. The smallest absolute Gasteiger partial charge is 0.307 e. The monoisotopic (exact) mass is 376 g/mol. The van der Waals surface area contributed by atoms with Gasteiger partial charge in [-0.3, -0.25) is 9.59 Å². The maximum absolute atomic E-state index is 12.7. The van der Waals surface area contributed by atoms with Gasteiger partial charge in [0.1, 0.15) is 6.61 Å².